The van der Waals surface area contributed by atoms with E-state index < -0.39 is 17.8 Å². The van der Waals surface area contributed by atoms with Gasteiger partial charge in [-0.3, -0.25) is 9.59 Å². The van der Waals surface area contributed by atoms with Crippen LogP contribution < -0.4 is 19.3 Å². The minimum atomic E-state index is -0.734. The number of halogens is 1. The molecule has 0 radical (unpaired) electrons. The van der Waals surface area contributed by atoms with E-state index in [2.05, 4.69) is 22.9 Å². The zero-order valence-corrected chi connectivity index (χ0v) is 24.4. The van der Waals surface area contributed by atoms with Gasteiger partial charge in [0.25, 0.3) is 11.8 Å². The summed E-state index contributed by atoms with van der Waals surface area (Å²) < 4.78 is 12.3. The number of nitrogens with zero attached hydrogens (tertiary/aromatic N) is 2. The van der Waals surface area contributed by atoms with Crippen molar-refractivity contribution in [3.63, 3.8) is 0 Å². The van der Waals surface area contributed by atoms with Gasteiger partial charge in [0.1, 0.15) is 5.57 Å². The van der Waals surface area contributed by atoms with Crippen molar-refractivity contribution in [3.8, 4) is 11.5 Å². The van der Waals surface area contributed by atoms with Crippen molar-refractivity contribution in [1.29, 1.82) is 0 Å². The fourth-order valence-electron chi connectivity index (χ4n) is 4.53. The van der Waals surface area contributed by atoms with Crippen LogP contribution in [0.2, 0.25) is 0 Å². The summed E-state index contributed by atoms with van der Waals surface area (Å²) in [5.74, 6) is -0.371. The summed E-state index contributed by atoms with van der Waals surface area (Å²) in [6, 6.07) is 19.9. The SMILES string of the molecule is CCCCCCCCOc1c(Br)cc(C=C2C(=O)N(c3ccccc3)C(=O)N(c3ccccc3)C2=O)cc1OC. The lowest BCUT2D eigenvalue weighted by Gasteiger charge is -2.34. The van der Waals surface area contributed by atoms with Gasteiger partial charge in [0, 0.05) is 0 Å². The predicted octanol–water partition coefficient (Wildman–Crippen LogP) is 7.78. The molecule has 0 spiro atoms. The van der Waals surface area contributed by atoms with Gasteiger partial charge in [-0.1, -0.05) is 75.4 Å². The molecule has 1 saturated heterocycles. The van der Waals surface area contributed by atoms with Crippen molar-refractivity contribution in [3.05, 3.63) is 88.4 Å². The second-order valence-electron chi connectivity index (χ2n) is 9.44. The number of benzene rings is 3. The maximum Gasteiger partial charge on any atom is 0.343 e. The number of barbiturate groups is 1. The van der Waals surface area contributed by atoms with E-state index in [9.17, 15) is 14.4 Å². The second-order valence-corrected chi connectivity index (χ2v) is 10.3. The molecule has 0 saturated carbocycles. The number of unbranched alkanes of at least 4 members (excludes halogenated alkanes) is 5. The van der Waals surface area contributed by atoms with E-state index in [1.54, 1.807) is 79.9 Å². The van der Waals surface area contributed by atoms with Gasteiger partial charge in [-0.15, -0.1) is 0 Å². The fourth-order valence-corrected chi connectivity index (χ4v) is 5.10. The number of carbonyl (C=O) groups excluding carboxylic acids is 3. The third-order valence-electron chi connectivity index (χ3n) is 6.59. The predicted molar refractivity (Wildman–Crippen MR) is 161 cm³/mol. The van der Waals surface area contributed by atoms with E-state index in [0.717, 1.165) is 22.6 Å². The highest BCUT2D eigenvalue weighted by atomic mass is 79.9. The Morgan fingerprint density at radius 1 is 0.775 bits per heavy atom. The van der Waals surface area contributed by atoms with E-state index in [1.807, 2.05) is 0 Å². The molecule has 8 heteroatoms. The van der Waals surface area contributed by atoms with Crippen molar-refractivity contribution in [1.82, 2.24) is 0 Å². The molecule has 3 aromatic rings. The summed E-state index contributed by atoms with van der Waals surface area (Å²) in [5, 5.41) is 0. The molecular weight excluding hydrogens is 572 g/mol. The zero-order chi connectivity index (χ0) is 28.5. The average Bonchev–Trinajstić information content (AvgIpc) is 2.96. The Hall–Kier alpha value is -3.91. The first-order chi connectivity index (χ1) is 19.5. The lowest BCUT2D eigenvalue weighted by molar-refractivity contribution is -0.121. The smallest absolute Gasteiger partial charge is 0.343 e. The number of para-hydroxylation sites is 2. The molecule has 0 N–H and O–H groups in total. The molecule has 1 heterocycles. The average molecular weight is 606 g/mol. The summed E-state index contributed by atoms with van der Waals surface area (Å²) in [5.41, 5.74) is 1.13. The number of hydrogen-bond donors (Lipinski definition) is 0. The molecule has 0 aromatic heterocycles. The number of imide groups is 2. The Balaban J connectivity index is 1.65. The number of anilines is 2. The highest BCUT2D eigenvalue weighted by molar-refractivity contribution is 9.10. The van der Waals surface area contributed by atoms with E-state index in [0.29, 0.717) is 39.5 Å². The van der Waals surface area contributed by atoms with Gasteiger partial charge in [0.05, 0.1) is 29.6 Å². The second kappa shape index (κ2) is 13.9. The van der Waals surface area contributed by atoms with Crippen LogP contribution in [-0.4, -0.2) is 31.6 Å². The van der Waals surface area contributed by atoms with Crippen LogP contribution in [0.5, 0.6) is 11.5 Å². The lowest BCUT2D eigenvalue weighted by Crippen LogP contribution is -2.57. The molecule has 1 fully saturated rings. The molecule has 1 aliphatic rings. The number of ether oxygens (including phenoxy) is 2. The van der Waals surface area contributed by atoms with E-state index >= 15 is 0 Å². The van der Waals surface area contributed by atoms with E-state index in [-0.39, 0.29) is 5.57 Å². The standard InChI is InChI=1S/C32H33BrN2O5/c1-3-4-5-6-7-14-19-40-29-27(33)21-23(22-28(29)39-2)20-26-30(36)34(24-15-10-8-11-16-24)32(38)35(31(26)37)25-17-12-9-13-18-25/h8-13,15-18,20-22H,3-7,14,19H2,1-2H3. The van der Waals surface area contributed by atoms with Crippen LogP contribution >= 0.6 is 15.9 Å². The van der Waals surface area contributed by atoms with Crippen LogP contribution in [0.25, 0.3) is 6.08 Å². The van der Waals surface area contributed by atoms with Crippen LogP contribution in [0.15, 0.2) is 82.8 Å². The van der Waals surface area contributed by atoms with Crippen molar-refractivity contribution >= 4 is 51.2 Å². The largest absolute Gasteiger partial charge is 0.493 e. The molecular formula is C32H33BrN2O5. The molecule has 4 amide bonds. The molecule has 40 heavy (non-hydrogen) atoms. The van der Waals surface area contributed by atoms with E-state index in [4.69, 9.17) is 9.47 Å². The molecule has 208 valence electrons. The van der Waals surface area contributed by atoms with Crippen molar-refractivity contribution in [2.75, 3.05) is 23.5 Å². The van der Waals surface area contributed by atoms with Crippen LogP contribution in [0.1, 0.15) is 51.0 Å². The minimum absolute atomic E-state index is 0.151. The van der Waals surface area contributed by atoms with Gasteiger partial charge < -0.3 is 9.47 Å². The summed E-state index contributed by atoms with van der Waals surface area (Å²) in [6.45, 7) is 2.75. The number of hydrogen-bond acceptors (Lipinski definition) is 5. The molecule has 7 nitrogen and oxygen atoms in total. The molecule has 0 unspecified atom stereocenters. The number of urea groups is 1. The van der Waals surface area contributed by atoms with Gasteiger partial charge in [-0.05, 0) is 70.4 Å². The zero-order valence-electron chi connectivity index (χ0n) is 22.8. The van der Waals surface area contributed by atoms with Gasteiger partial charge in [0.15, 0.2) is 11.5 Å². The first kappa shape index (κ1) is 29.1. The Bertz CT molecular complexity index is 1310. The Labute approximate surface area is 243 Å². The molecule has 3 aromatic carbocycles. The quantitative estimate of drug-likeness (QED) is 0.120. The maximum absolute atomic E-state index is 13.6. The summed E-state index contributed by atoms with van der Waals surface area (Å²) in [6.07, 6.45) is 8.41. The van der Waals surface area contributed by atoms with Crippen molar-refractivity contribution in [2.45, 2.75) is 45.4 Å². The summed E-state index contributed by atoms with van der Waals surface area (Å²) in [7, 11) is 1.54. The normalized spacial score (nSPS) is 13.6. The highest BCUT2D eigenvalue weighted by Gasteiger charge is 2.43. The Morgan fingerprint density at radius 3 is 1.88 bits per heavy atom. The first-order valence-electron chi connectivity index (χ1n) is 13.5. The van der Waals surface area contributed by atoms with E-state index in [1.165, 1.54) is 31.8 Å². The topological polar surface area (TPSA) is 76.2 Å². The monoisotopic (exact) mass is 604 g/mol. The number of amides is 4. The molecule has 1 aliphatic heterocycles. The third-order valence-corrected chi connectivity index (χ3v) is 7.17. The van der Waals surface area contributed by atoms with Crippen LogP contribution in [0.4, 0.5) is 16.2 Å². The maximum atomic E-state index is 13.6. The molecule has 0 bridgehead atoms. The molecule has 0 atom stereocenters. The van der Waals surface area contributed by atoms with Crippen molar-refractivity contribution < 1.29 is 23.9 Å². The van der Waals surface area contributed by atoms with Gasteiger partial charge in [0.2, 0.25) is 0 Å². The van der Waals surface area contributed by atoms with Crippen LogP contribution in [0, 0.1) is 0 Å². The Morgan fingerprint density at radius 2 is 1.32 bits per heavy atom. The number of rotatable bonds is 12. The number of carbonyl (C=O) groups is 3. The Kier molecular flexibility index (Phi) is 10.1. The fraction of sp³-hybridized carbons (Fsp3) is 0.281. The highest BCUT2D eigenvalue weighted by Crippen LogP contribution is 2.38. The molecule has 0 aliphatic carbocycles. The lowest BCUT2D eigenvalue weighted by atomic mass is 10.0. The summed E-state index contributed by atoms with van der Waals surface area (Å²) >= 11 is 3.56. The van der Waals surface area contributed by atoms with Crippen molar-refractivity contribution in [2.24, 2.45) is 0 Å². The first-order valence-corrected chi connectivity index (χ1v) is 14.3. The van der Waals surface area contributed by atoms with Crippen LogP contribution in [-0.2, 0) is 9.59 Å². The van der Waals surface area contributed by atoms with Gasteiger partial charge >= 0.3 is 6.03 Å². The van der Waals surface area contributed by atoms with Gasteiger partial charge in [-0.25, -0.2) is 14.6 Å². The van der Waals surface area contributed by atoms with Gasteiger partial charge in [-0.2, -0.15) is 0 Å². The minimum Gasteiger partial charge on any atom is -0.493 e. The number of methoxy groups -OCH3 is 1. The van der Waals surface area contributed by atoms with Crippen LogP contribution in [0.3, 0.4) is 0 Å². The third kappa shape index (κ3) is 6.62. The summed E-state index contributed by atoms with van der Waals surface area (Å²) in [4.78, 5) is 42.8. The molecule has 4 rings (SSSR count).